The number of hydrogen-bond donors (Lipinski definition) is 1. The third-order valence-corrected chi connectivity index (χ3v) is 4.97. The molecule has 0 aliphatic carbocycles. The molecular formula is C18H25NOS. The molecule has 1 heterocycles. The number of methoxy groups -OCH3 is 1. The number of ether oxygens (including phenoxy) is 1. The van der Waals surface area contributed by atoms with Crippen LogP contribution >= 0.6 is 11.3 Å². The monoisotopic (exact) mass is 303 g/mol. The molecule has 0 spiro atoms. The molecule has 0 amide bonds. The maximum atomic E-state index is 5.38. The molecule has 0 bridgehead atoms. The zero-order valence-corrected chi connectivity index (χ0v) is 14.2. The van der Waals surface area contributed by atoms with Crippen molar-refractivity contribution in [3.8, 4) is 5.75 Å². The summed E-state index contributed by atoms with van der Waals surface area (Å²) in [5, 5.41) is 3.52. The van der Waals surface area contributed by atoms with E-state index in [1.165, 1.54) is 15.3 Å². The lowest BCUT2D eigenvalue weighted by Crippen LogP contribution is -2.16. The van der Waals surface area contributed by atoms with Gasteiger partial charge in [0.1, 0.15) is 5.75 Å². The van der Waals surface area contributed by atoms with E-state index in [2.05, 4.69) is 50.4 Å². The molecule has 2 nitrogen and oxygen atoms in total. The van der Waals surface area contributed by atoms with Crippen molar-refractivity contribution in [1.29, 1.82) is 0 Å². The minimum atomic E-state index is 0.250. The number of nitrogens with one attached hydrogen (secondary N) is 1. The van der Waals surface area contributed by atoms with Crippen molar-refractivity contribution in [2.75, 3.05) is 13.7 Å². The van der Waals surface area contributed by atoms with Crippen LogP contribution in [-0.4, -0.2) is 13.7 Å². The van der Waals surface area contributed by atoms with Crippen LogP contribution in [0.2, 0.25) is 0 Å². The average Bonchev–Trinajstić information content (AvgIpc) is 2.93. The van der Waals surface area contributed by atoms with Gasteiger partial charge in [-0.15, -0.1) is 11.3 Å². The van der Waals surface area contributed by atoms with Gasteiger partial charge in [-0.1, -0.05) is 39.0 Å². The van der Waals surface area contributed by atoms with Crippen molar-refractivity contribution in [3.05, 3.63) is 51.7 Å². The Kier molecular flexibility index (Phi) is 5.43. The largest absolute Gasteiger partial charge is 0.496 e. The summed E-state index contributed by atoms with van der Waals surface area (Å²) in [7, 11) is 1.73. The standard InChI is InChI=1S/C18H25NOS/c1-18(2,3)17-10-9-15(21-17)13-19-12-11-14-7-5-6-8-16(14)20-4/h5-10,19H,11-13H2,1-4H3. The van der Waals surface area contributed by atoms with E-state index in [4.69, 9.17) is 4.74 Å². The summed E-state index contributed by atoms with van der Waals surface area (Å²) in [6.45, 7) is 8.69. The van der Waals surface area contributed by atoms with Crippen molar-refractivity contribution >= 4 is 11.3 Å². The first-order valence-corrected chi connectivity index (χ1v) is 8.24. The molecule has 21 heavy (non-hydrogen) atoms. The highest BCUT2D eigenvalue weighted by atomic mass is 32.1. The molecule has 1 N–H and O–H groups in total. The van der Waals surface area contributed by atoms with Crippen molar-refractivity contribution < 1.29 is 4.74 Å². The topological polar surface area (TPSA) is 21.3 Å². The average molecular weight is 303 g/mol. The Balaban J connectivity index is 1.81. The maximum Gasteiger partial charge on any atom is 0.122 e. The summed E-state index contributed by atoms with van der Waals surface area (Å²) in [6, 6.07) is 12.7. The molecular weight excluding hydrogens is 278 g/mol. The number of thiophene rings is 1. The second kappa shape index (κ2) is 7.10. The van der Waals surface area contributed by atoms with Crippen molar-refractivity contribution in [1.82, 2.24) is 5.32 Å². The first-order valence-electron chi connectivity index (χ1n) is 7.42. The molecule has 0 atom stereocenters. The molecule has 2 aromatic rings. The van der Waals surface area contributed by atoms with Gasteiger partial charge in [0.05, 0.1) is 7.11 Å². The lowest BCUT2D eigenvalue weighted by atomic mass is 9.95. The predicted octanol–water partition coefficient (Wildman–Crippen LogP) is 4.39. The van der Waals surface area contributed by atoms with E-state index in [0.29, 0.717) is 0 Å². The van der Waals surface area contributed by atoms with Gasteiger partial charge in [0, 0.05) is 16.3 Å². The molecule has 0 saturated heterocycles. The number of para-hydroxylation sites is 1. The Bertz CT molecular complexity index is 569. The predicted molar refractivity (Wildman–Crippen MR) is 91.4 cm³/mol. The maximum absolute atomic E-state index is 5.38. The molecule has 0 radical (unpaired) electrons. The molecule has 1 aromatic heterocycles. The Morgan fingerprint density at radius 2 is 1.86 bits per heavy atom. The van der Waals surface area contributed by atoms with Gasteiger partial charge in [0.25, 0.3) is 0 Å². The van der Waals surface area contributed by atoms with Crippen molar-refractivity contribution in [3.63, 3.8) is 0 Å². The Morgan fingerprint density at radius 3 is 2.52 bits per heavy atom. The minimum absolute atomic E-state index is 0.250. The van der Waals surface area contributed by atoms with Gasteiger partial charge in [-0.05, 0) is 42.1 Å². The zero-order valence-electron chi connectivity index (χ0n) is 13.4. The lowest BCUT2D eigenvalue weighted by molar-refractivity contribution is 0.409. The Hall–Kier alpha value is -1.32. The first-order chi connectivity index (χ1) is 10.0. The molecule has 1 aromatic carbocycles. The van der Waals surface area contributed by atoms with Crippen molar-refractivity contribution in [2.45, 2.75) is 39.2 Å². The van der Waals surface area contributed by atoms with Gasteiger partial charge in [-0.25, -0.2) is 0 Å². The third-order valence-electron chi connectivity index (χ3n) is 3.46. The summed E-state index contributed by atoms with van der Waals surface area (Å²) in [6.07, 6.45) is 0.988. The van der Waals surface area contributed by atoms with E-state index < -0.39 is 0 Å². The molecule has 0 aliphatic heterocycles. The zero-order chi connectivity index (χ0) is 15.3. The normalized spacial score (nSPS) is 11.6. The van der Waals surface area contributed by atoms with Gasteiger partial charge in [-0.2, -0.15) is 0 Å². The summed E-state index contributed by atoms with van der Waals surface area (Å²) >= 11 is 1.91. The van der Waals surface area contributed by atoms with Crippen LogP contribution in [0.5, 0.6) is 5.75 Å². The number of rotatable bonds is 6. The fraction of sp³-hybridized carbons (Fsp3) is 0.444. The van der Waals surface area contributed by atoms with Crippen LogP contribution in [0.4, 0.5) is 0 Å². The van der Waals surface area contributed by atoms with E-state index in [1.807, 2.05) is 23.5 Å². The van der Waals surface area contributed by atoms with Gasteiger partial charge in [0.15, 0.2) is 0 Å². The van der Waals surface area contributed by atoms with E-state index in [9.17, 15) is 0 Å². The van der Waals surface area contributed by atoms with E-state index in [0.717, 1.165) is 25.3 Å². The minimum Gasteiger partial charge on any atom is -0.496 e. The Morgan fingerprint density at radius 1 is 1.10 bits per heavy atom. The Labute approximate surface area is 132 Å². The van der Waals surface area contributed by atoms with Crippen LogP contribution in [0.3, 0.4) is 0 Å². The highest BCUT2D eigenvalue weighted by Crippen LogP contribution is 2.29. The second-order valence-corrected chi connectivity index (χ2v) is 7.42. The molecule has 3 heteroatoms. The van der Waals surface area contributed by atoms with Gasteiger partial charge < -0.3 is 10.1 Å². The smallest absolute Gasteiger partial charge is 0.122 e. The second-order valence-electron chi connectivity index (χ2n) is 6.25. The van der Waals surface area contributed by atoms with Crippen LogP contribution in [0.15, 0.2) is 36.4 Å². The van der Waals surface area contributed by atoms with Gasteiger partial charge >= 0.3 is 0 Å². The van der Waals surface area contributed by atoms with Crippen LogP contribution in [0.25, 0.3) is 0 Å². The molecule has 0 fully saturated rings. The van der Waals surface area contributed by atoms with Crippen LogP contribution < -0.4 is 10.1 Å². The summed E-state index contributed by atoms with van der Waals surface area (Å²) in [5.41, 5.74) is 1.51. The highest BCUT2D eigenvalue weighted by molar-refractivity contribution is 7.12. The highest BCUT2D eigenvalue weighted by Gasteiger charge is 2.15. The van der Waals surface area contributed by atoms with Crippen LogP contribution in [-0.2, 0) is 18.4 Å². The molecule has 0 unspecified atom stereocenters. The van der Waals surface area contributed by atoms with Gasteiger partial charge in [-0.3, -0.25) is 0 Å². The van der Waals surface area contributed by atoms with Crippen LogP contribution in [0.1, 0.15) is 36.1 Å². The summed E-state index contributed by atoms with van der Waals surface area (Å²) < 4.78 is 5.38. The van der Waals surface area contributed by atoms with E-state index in [1.54, 1.807) is 7.11 Å². The summed E-state index contributed by atoms with van der Waals surface area (Å²) in [5.74, 6) is 0.977. The molecule has 0 aliphatic rings. The quantitative estimate of drug-likeness (QED) is 0.799. The molecule has 0 saturated carbocycles. The summed E-state index contributed by atoms with van der Waals surface area (Å²) in [4.78, 5) is 2.85. The third kappa shape index (κ3) is 4.58. The lowest BCUT2D eigenvalue weighted by Gasteiger charge is -2.15. The molecule has 114 valence electrons. The SMILES string of the molecule is COc1ccccc1CCNCc1ccc(C(C)(C)C)s1. The number of benzene rings is 1. The number of hydrogen-bond acceptors (Lipinski definition) is 3. The van der Waals surface area contributed by atoms with E-state index in [-0.39, 0.29) is 5.41 Å². The van der Waals surface area contributed by atoms with E-state index >= 15 is 0 Å². The fourth-order valence-electron chi connectivity index (χ4n) is 2.22. The fourth-order valence-corrected chi connectivity index (χ4v) is 3.26. The van der Waals surface area contributed by atoms with Crippen molar-refractivity contribution in [2.24, 2.45) is 0 Å². The van der Waals surface area contributed by atoms with Gasteiger partial charge in [0.2, 0.25) is 0 Å². The molecule has 2 rings (SSSR count). The van der Waals surface area contributed by atoms with Crippen LogP contribution in [0, 0.1) is 0 Å². The first kappa shape index (κ1) is 16.1.